The SMILES string of the molecule is CCc1nc(-c2n[nH]c3cc(I)c(P)cc23)ccc1N. The number of pyridine rings is 1. The van der Waals surface area contributed by atoms with Gasteiger partial charge in [-0.15, -0.1) is 9.24 Å². The van der Waals surface area contributed by atoms with E-state index in [1.54, 1.807) is 0 Å². The second-order valence-electron chi connectivity index (χ2n) is 4.58. The lowest BCUT2D eigenvalue weighted by Crippen LogP contribution is -1.99. The largest absolute Gasteiger partial charge is 0.397 e. The standard InChI is InChI=1S/C14H14IN4P/c1-2-10-9(16)3-4-11(17-10)14-7-5-13(20)8(15)6-12(7)18-19-14/h3-6H,2,16,20H2,1H3,(H,18,19). The Hall–Kier alpha value is -1.20. The van der Waals surface area contributed by atoms with Crippen LogP contribution in [0.1, 0.15) is 12.6 Å². The topological polar surface area (TPSA) is 67.6 Å². The Morgan fingerprint density at radius 3 is 2.90 bits per heavy atom. The predicted octanol–water partition coefficient (Wildman–Crippen LogP) is 2.87. The summed E-state index contributed by atoms with van der Waals surface area (Å²) in [5.74, 6) is 0. The number of nitrogens with two attached hydrogens (primary N) is 1. The summed E-state index contributed by atoms with van der Waals surface area (Å²) in [4.78, 5) is 4.62. The summed E-state index contributed by atoms with van der Waals surface area (Å²) >= 11 is 2.31. The Bertz CT molecular complexity index is 797. The molecule has 0 amide bonds. The van der Waals surface area contributed by atoms with E-state index in [2.05, 4.69) is 59.1 Å². The first-order valence-corrected chi connectivity index (χ1v) is 7.94. The number of halogens is 1. The van der Waals surface area contributed by atoms with Crippen LogP contribution < -0.4 is 11.0 Å². The minimum absolute atomic E-state index is 0.734. The van der Waals surface area contributed by atoms with Crippen molar-refractivity contribution in [2.75, 3.05) is 5.73 Å². The van der Waals surface area contributed by atoms with E-state index in [-0.39, 0.29) is 0 Å². The molecule has 0 aliphatic rings. The van der Waals surface area contributed by atoms with Gasteiger partial charge in [0.05, 0.1) is 22.6 Å². The van der Waals surface area contributed by atoms with Gasteiger partial charge in [0.15, 0.2) is 0 Å². The zero-order valence-corrected chi connectivity index (χ0v) is 14.3. The first kappa shape index (κ1) is 13.8. The molecule has 1 unspecified atom stereocenters. The molecule has 0 bridgehead atoms. The van der Waals surface area contributed by atoms with Crippen molar-refractivity contribution in [1.29, 1.82) is 0 Å². The van der Waals surface area contributed by atoms with Gasteiger partial charge in [-0.3, -0.25) is 5.10 Å². The second kappa shape index (κ2) is 5.30. The summed E-state index contributed by atoms with van der Waals surface area (Å²) in [6, 6.07) is 8.03. The molecule has 102 valence electrons. The summed E-state index contributed by atoms with van der Waals surface area (Å²) in [5.41, 5.74) is 10.3. The molecule has 0 aliphatic heterocycles. The molecule has 0 spiro atoms. The molecule has 0 saturated heterocycles. The number of fused-ring (bicyclic) bond motifs is 1. The number of hydrogen-bond acceptors (Lipinski definition) is 3. The Morgan fingerprint density at radius 2 is 2.15 bits per heavy atom. The van der Waals surface area contributed by atoms with Crippen LogP contribution in [0.25, 0.3) is 22.3 Å². The van der Waals surface area contributed by atoms with Crippen LogP contribution in [-0.4, -0.2) is 15.2 Å². The maximum Gasteiger partial charge on any atom is 0.118 e. The van der Waals surface area contributed by atoms with E-state index in [1.165, 1.54) is 3.57 Å². The molecule has 2 heterocycles. The summed E-state index contributed by atoms with van der Waals surface area (Å²) in [5, 5.41) is 9.72. The molecular formula is C14H14IN4P. The molecule has 4 nitrogen and oxygen atoms in total. The van der Waals surface area contributed by atoms with Gasteiger partial charge in [0.25, 0.3) is 0 Å². The highest BCUT2D eigenvalue weighted by atomic mass is 127. The molecule has 20 heavy (non-hydrogen) atoms. The lowest BCUT2D eigenvalue weighted by atomic mass is 10.1. The first-order chi connectivity index (χ1) is 9.60. The van der Waals surface area contributed by atoms with Crippen molar-refractivity contribution in [1.82, 2.24) is 15.2 Å². The van der Waals surface area contributed by atoms with Crippen LogP contribution in [0.15, 0.2) is 24.3 Å². The third-order valence-electron chi connectivity index (χ3n) is 3.27. The summed E-state index contributed by atoms with van der Waals surface area (Å²) in [6.45, 7) is 2.05. The fraction of sp³-hybridized carbons (Fsp3) is 0.143. The maximum absolute atomic E-state index is 5.91. The molecule has 1 atom stereocenters. The van der Waals surface area contributed by atoms with Crippen molar-refractivity contribution < 1.29 is 0 Å². The number of nitrogens with one attached hydrogen (secondary N) is 1. The second-order valence-corrected chi connectivity index (χ2v) is 6.36. The van der Waals surface area contributed by atoms with Crippen molar-refractivity contribution in [3.63, 3.8) is 0 Å². The van der Waals surface area contributed by atoms with E-state index in [1.807, 2.05) is 19.1 Å². The normalized spacial score (nSPS) is 11.2. The Labute approximate surface area is 132 Å². The molecule has 3 rings (SSSR count). The van der Waals surface area contributed by atoms with Crippen LogP contribution in [0.5, 0.6) is 0 Å². The quantitative estimate of drug-likeness (QED) is 0.517. The van der Waals surface area contributed by atoms with E-state index in [9.17, 15) is 0 Å². The van der Waals surface area contributed by atoms with Crippen molar-refractivity contribution in [2.24, 2.45) is 0 Å². The monoisotopic (exact) mass is 396 g/mol. The average molecular weight is 396 g/mol. The van der Waals surface area contributed by atoms with E-state index in [4.69, 9.17) is 5.73 Å². The third-order valence-corrected chi connectivity index (χ3v) is 5.27. The molecule has 1 aromatic carbocycles. The number of nitrogen functional groups attached to an aromatic ring is 1. The highest BCUT2D eigenvalue weighted by Gasteiger charge is 2.12. The summed E-state index contributed by atoms with van der Waals surface area (Å²) < 4.78 is 1.19. The van der Waals surface area contributed by atoms with Crippen LogP contribution in [0.3, 0.4) is 0 Å². The maximum atomic E-state index is 5.91. The molecule has 0 radical (unpaired) electrons. The molecule has 3 N–H and O–H groups in total. The number of anilines is 1. The number of aromatic nitrogens is 3. The van der Waals surface area contributed by atoms with Gasteiger partial charge in [0.2, 0.25) is 0 Å². The van der Waals surface area contributed by atoms with E-state index < -0.39 is 0 Å². The fourth-order valence-electron chi connectivity index (χ4n) is 2.18. The molecular weight excluding hydrogens is 382 g/mol. The van der Waals surface area contributed by atoms with Gasteiger partial charge in [-0.05, 0) is 58.6 Å². The summed E-state index contributed by atoms with van der Waals surface area (Å²) in [7, 11) is 2.75. The Kier molecular flexibility index (Phi) is 3.65. The van der Waals surface area contributed by atoms with Crippen molar-refractivity contribution in [3.05, 3.63) is 33.5 Å². The molecule has 0 fully saturated rings. The number of aromatic amines is 1. The molecule has 3 aromatic rings. The number of hydrogen-bond donors (Lipinski definition) is 2. The van der Waals surface area contributed by atoms with Gasteiger partial charge in [0, 0.05) is 8.96 Å². The predicted molar refractivity (Wildman–Crippen MR) is 95.2 cm³/mol. The van der Waals surface area contributed by atoms with E-state index >= 15 is 0 Å². The first-order valence-electron chi connectivity index (χ1n) is 6.29. The van der Waals surface area contributed by atoms with E-state index in [0.29, 0.717) is 0 Å². The highest BCUT2D eigenvalue weighted by Crippen LogP contribution is 2.27. The van der Waals surface area contributed by atoms with Crippen LogP contribution in [-0.2, 0) is 6.42 Å². The van der Waals surface area contributed by atoms with Gasteiger partial charge in [-0.1, -0.05) is 6.92 Å². The molecule has 0 aliphatic carbocycles. The van der Waals surface area contributed by atoms with Gasteiger partial charge < -0.3 is 5.73 Å². The van der Waals surface area contributed by atoms with Gasteiger partial charge in [-0.2, -0.15) is 5.10 Å². The fourth-order valence-corrected chi connectivity index (χ4v) is 2.89. The van der Waals surface area contributed by atoms with Gasteiger partial charge in [0.1, 0.15) is 5.69 Å². The van der Waals surface area contributed by atoms with Crippen molar-refractivity contribution in [2.45, 2.75) is 13.3 Å². The number of benzene rings is 1. The smallest absolute Gasteiger partial charge is 0.118 e. The third kappa shape index (κ3) is 2.29. The minimum atomic E-state index is 0.734. The van der Waals surface area contributed by atoms with Crippen LogP contribution in [0, 0.1) is 3.57 Å². The number of H-pyrrole nitrogens is 1. The molecule has 2 aromatic heterocycles. The minimum Gasteiger partial charge on any atom is -0.397 e. The number of rotatable bonds is 2. The lowest BCUT2D eigenvalue weighted by molar-refractivity contribution is 1.03. The van der Waals surface area contributed by atoms with Crippen molar-refractivity contribution >= 4 is 53.7 Å². The van der Waals surface area contributed by atoms with Gasteiger partial charge in [-0.25, -0.2) is 4.98 Å². The number of nitrogens with zero attached hydrogens (tertiary/aromatic N) is 2. The number of aryl methyl sites for hydroxylation is 1. The molecule has 6 heteroatoms. The average Bonchev–Trinajstić information content (AvgIpc) is 2.83. The van der Waals surface area contributed by atoms with Crippen molar-refractivity contribution in [3.8, 4) is 11.4 Å². The Morgan fingerprint density at radius 1 is 1.35 bits per heavy atom. The van der Waals surface area contributed by atoms with Gasteiger partial charge >= 0.3 is 0 Å². The molecule has 0 saturated carbocycles. The zero-order chi connectivity index (χ0) is 14.3. The van der Waals surface area contributed by atoms with Crippen LogP contribution in [0.4, 0.5) is 5.69 Å². The summed E-state index contributed by atoms with van der Waals surface area (Å²) in [6.07, 6.45) is 0.814. The van der Waals surface area contributed by atoms with Crippen LogP contribution in [0.2, 0.25) is 0 Å². The lowest BCUT2D eigenvalue weighted by Gasteiger charge is -2.05. The zero-order valence-electron chi connectivity index (χ0n) is 10.9. The Balaban J connectivity index is 2.22. The van der Waals surface area contributed by atoms with Crippen LogP contribution >= 0.6 is 31.8 Å². The van der Waals surface area contributed by atoms with E-state index in [0.717, 1.165) is 45.4 Å². The highest BCUT2D eigenvalue weighted by molar-refractivity contribution is 14.1.